The highest BCUT2D eigenvalue weighted by Crippen LogP contribution is 2.43. The van der Waals surface area contributed by atoms with Crippen LogP contribution in [0.25, 0.3) is 0 Å². The van der Waals surface area contributed by atoms with Crippen molar-refractivity contribution in [1.29, 1.82) is 10.5 Å². The molecule has 2 atom stereocenters. The number of non-ortho nitro benzene ring substituents is 1. The Balaban J connectivity index is 2.05. The predicted molar refractivity (Wildman–Crippen MR) is 106 cm³/mol. The third-order valence-electron chi connectivity index (χ3n) is 4.78. The Morgan fingerprint density at radius 1 is 1.30 bits per heavy atom. The second-order valence-electron chi connectivity index (χ2n) is 7.17. The van der Waals surface area contributed by atoms with Gasteiger partial charge in [0.2, 0.25) is 5.96 Å². The molecule has 2 unspecified atom stereocenters. The van der Waals surface area contributed by atoms with Gasteiger partial charge < -0.3 is 15.6 Å². The van der Waals surface area contributed by atoms with Gasteiger partial charge in [0.1, 0.15) is 23.5 Å². The lowest BCUT2D eigenvalue weighted by atomic mass is 9.85. The quantitative estimate of drug-likeness (QED) is 0.196. The number of aliphatic hydroxyl groups excluding tert-OH is 1. The van der Waals surface area contributed by atoms with Crippen molar-refractivity contribution in [3.63, 3.8) is 0 Å². The first-order valence-corrected chi connectivity index (χ1v) is 8.86. The Kier molecular flexibility index (Phi) is 5.28. The summed E-state index contributed by atoms with van der Waals surface area (Å²) >= 11 is 0. The van der Waals surface area contributed by atoms with Crippen LogP contribution in [-0.2, 0) is 0 Å². The number of nitro groups is 1. The van der Waals surface area contributed by atoms with Gasteiger partial charge >= 0.3 is 0 Å². The number of nitrogens with zero attached hydrogens (tertiary/aromatic N) is 5. The molecule has 3 rings (SSSR count). The molecule has 3 N–H and O–H groups in total. The van der Waals surface area contributed by atoms with Crippen LogP contribution in [0.3, 0.4) is 0 Å². The number of ether oxygens (including phenoxy) is 1. The molecule has 2 aromatic rings. The first kappa shape index (κ1) is 20.6. The van der Waals surface area contributed by atoms with Gasteiger partial charge in [0.05, 0.1) is 22.2 Å². The molecule has 0 radical (unpaired) electrons. The molecular formula is C20H18N6O4. The minimum absolute atomic E-state index is 0.107. The number of rotatable bonds is 3. The maximum absolute atomic E-state index is 10.9. The first-order valence-electron chi connectivity index (χ1n) is 8.86. The van der Waals surface area contributed by atoms with E-state index in [1.54, 1.807) is 26.0 Å². The number of benzene rings is 2. The number of hydrogen-bond donors (Lipinski definition) is 2. The van der Waals surface area contributed by atoms with Gasteiger partial charge in [-0.2, -0.15) is 10.5 Å². The predicted octanol–water partition coefficient (Wildman–Crippen LogP) is 2.47. The summed E-state index contributed by atoms with van der Waals surface area (Å²) < 4.78 is 5.85. The molecule has 2 aromatic carbocycles. The van der Waals surface area contributed by atoms with Crippen molar-refractivity contribution in [2.45, 2.75) is 31.6 Å². The van der Waals surface area contributed by atoms with Crippen LogP contribution in [-0.4, -0.2) is 32.6 Å². The van der Waals surface area contributed by atoms with E-state index in [0.717, 1.165) is 4.90 Å². The van der Waals surface area contributed by atoms with E-state index in [4.69, 9.17) is 10.5 Å². The maximum atomic E-state index is 10.9. The molecule has 0 aromatic heterocycles. The van der Waals surface area contributed by atoms with E-state index in [2.05, 4.69) is 4.99 Å². The number of nitro benzene ring substituents is 1. The van der Waals surface area contributed by atoms with E-state index in [1.807, 2.05) is 12.3 Å². The number of aliphatic hydroxyl groups is 1. The molecule has 0 fully saturated rings. The Hall–Kier alpha value is -4.15. The fraction of sp³-hybridized carbons (Fsp3) is 0.250. The molecule has 0 bridgehead atoms. The van der Waals surface area contributed by atoms with Crippen molar-refractivity contribution in [2.75, 3.05) is 0 Å². The summed E-state index contributed by atoms with van der Waals surface area (Å²) in [6.07, 6.45) is 0.762. The lowest BCUT2D eigenvalue weighted by Gasteiger charge is -2.44. The molecule has 0 amide bonds. The largest absolute Gasteiger partial charge is 0.485 e. The van der Waals surface area contributed by atoms with E-state index >= 15 is 0 Å². The summed E-state index contributed by atoms with van der Waals surface area (Å²) in [7, 11) is 0. The molecule has 152 valence electrons. The van der Waals surface area contributed by atoms with Crippen molar-refractivity contribution in [2.24, 2.45) is 10.7 Å². The molecule has 0 saturated carbocycles. The van der Waals surface area contributed by atoms with E-state index in [1.165, 1.54) is 30.3 Å². The average Bonchev–Trinajstić information content (AvgIpc) is 2.71. The van der Waals surface area contributed by atoms with Gasteiger partial charge in [-0.05, 0) is 44.2 Å². The third-order valence-corrected chi connectivity index (χ3v) is 4.78. The highest BCUT2D eigenvalue weighted by molar-refractivity contribution is 5.83. The Morgan fingerprint density at radius 3 is 2.53 bits per heavy atom. The summed E-state index contributed by atoms with van der Waals surface area (Å²) in [4.78, 5) is 15.5. The lowest BCUT2D eigenvalue weighted by Crippen LogP contribution is -2.54. The number of fused-ring (bicyclic) bond motifs is 1. The summed E-state index contributed by atoms with van der Waals surface area (Å²) in [5.74, 6) is 0.194. The van der Waals surface area contributed by atoms with Crippen LogP contribution in [0.2, 0.25) is 0 Å². The van der Waals surface area contributed by atoms with E-state index in [0.29, 0.717) is 22.6 Å². The van der Waals surface area contributed by atoms with Gasteiger partial charge in [-0.3, -0.25) is 10.1 Å². The summed E-state index contributed by atoms with van der Waals surface area (Å²) in [5.41, 5.74) is 5.96. The number of guanidine groups is 1. The average molecular weight is 406 g/mol. The zero-order valence-corrected chi connectivity index (χ0v) is 16.2. The second-order valence-corrected chi connectivity index (χ2v) is 7.17. The van der Waals surface area contributed by atoms with E-state index < -0.39 is 22.7 Å². The number of nitriles is 2. The van der Waals surface area contributed by atoms with Gasteiger partial charge in [0, 0.05) is 17.7 Å². The fourth-order valence-corrected chi connectivity index (χ4v) is 3.21. The number of aliphatic imine (C=N–C) groups is 1. The molecule has 10 nitrogen and oxygen atoms in total. The molecule has 0 spiro atoms. The van der Waals surface area contributed by atoms with Crippen LogP contribution in [0.4, 0.5) is 11.4 Å². The Morgan fingerprint density at radius 2 is 1.97 bits per heavy atom. The smallest absolute Gasteiger partial charge is 0.269 e. The lowest BCUT2D eigenvalue weighted by molar-refractivity contribution is -0.384. The second kappa shape index (κ2) is 7.70. The normalized spacial score (nSPS) is 19.6. The molecular weight excluding hydrogens is 388 g/mol. The highest BCUT2D eigenvalue weighted by atomic mass is 16.6. The van der Waals surface area contributed by atoms with Crippen molar-refractivity contribution >= 4 is 17.3 Å². The number of hydrogen-bond acceptors (Lipinski definition) is 7. The molecule has 0 aliphatic carbocycles. The van der Waals surface area contributed by atoms with E-state index in [9.17, 15) is 25.7 Å². The van der Waals surface area contributed by atoms with Crippen LogP contribution >= 0.6 is 0 Å². The SMILES string of the molecule is CC1(C)Oc2ccc(C#N)cc2C(N(C#N)C(N)=Nc2ccc([N+](=O)[O-])cc2)C1O. The van der Waals surface area contributed by atoms with Gasteiger partial charge in [-0.15, -0.1) is 0 Å². The monoisotopic (exact) mass is 406 g/mol. The van der Waals surface area contributed by atoms with Gasteiger partial charge in [0.25, 0.3) is 5.69 Å². The van der Waals surface area contributed by atoms with Crippen LogP contribution in [0.5, 0.6) is 5.75 Å². The topological polar surface area (TPSA) is 162 Å². The van der Waals surface area contributed by atoms with Gasteiger partial charge in [-0.1, -0.05) is 0 Å². The summed E-state index contributed by atoms with van der Waals surface area (Å²) in [6, 6.07) is 11.1. The maximum Gasteiger partial charge on any atom is 0.269 e. The Bertz CT molecular complexity index is 1100. The van der Waals surface area contributed by atoms with Gasteiger partial charge in [-0.25, -0.2) is 9.89 Å². The molecule has 30 heavy (non-hydrogen) atoms. The fourth-order valence-electron chi connectivity index (χ4n) is 3.21. The molecule has 10 heteroatoms. The standard InChI is InChI=1S/C20H18N6O4/c1-20(2)18(27)17(15-9-12(10-21)3-8-16(15)30-20)25(11-22)19(23)24-13-4-6-14(7-5-13)26(28)29/h3-9,17-18,27H,1-2H3,(H2,23,24). The number of nitrogens with two attached hydrogens (primary N) is 1. The van der Waals surface area contributed by atoms with Crippen LogP contribution < -0.4 is 10.5 Å². The first-order chi connectivity index (χ1) is 14.2. The van der Waals surface area contributed by atoms with Crippen LogP contribution in [0.15, 0.2) is 47.5 Å². The van der Waals surface area contributed by atoms with Crippen molar-refractivity contribution in [1.82, 2.24) is 4.90 Å². The van der Waals surface area contributed by atoms with E-state index in [-0.39, 0.29) is 11.6 Å². The minimum atomic E-state index is -1.18. The van der Waals surface area contributed by atoms with Crippen LogP contribution in [0.1, 0.15) is 31.0 Å². The van der Waals surface area contributed by atoms with Crippen molar-refractivity contribution in [3.05, 3.63) is 63.7 Å². The van der Waals surface area contributed by atoms with Crippen LogP contribution in [0, 0.1) is 32.9 Å². The minimum Gasteiger partial charge on any atom is -0.485 e. The zero-order chi connectivity index (χ0) is 22.1. The Labute approximate surface area is 172 Å². The molecule has 1 heterocycles. The molecule has 0 saturated heterocycles. The van der Waals surface area contributed by atoms with Crippen molar-refractivity contribution in [3.8, 4) is 18.0 Å². The zero-order valence-electron chi connectivity index (χ0n) is 16.2. The molecule has 1 aliphatic heterocycles. The molecule has 1 aliphatic rings. The highest BCUT2D eigenvalue weighted by Gasteiger charge is 2.46. The third kappa shape index (κ3) is 3.72. The van der Waals surface area contributed by atoms with Gasteiger partial charge in [0.15, 0.2) is 6.19 Å². The van der Waals surface area contributed by atoms with Crippen molar-refractivity contribution < 1.29 is 14.8 Å². The summed E-state index contributed by atoms with van der Waals surface area (Å²) in [6.45, 7) is 3.34. The summed E-state index contributed by atoms with van der Waals surface area (Å²) in [5, 5.41) is 40.7.